The van der Waals surface area contributed by atoms with Gasteiger partial charge in [0.05, 0.1) is 12.6 Å². The third-order valence-electron chi connectivity index (χ3n) is 3.24. The van der Waals surface area contributed by atoms with Gasteiger partial charge in [-0.05, 0) is 30.0 Å². The smallest absolute Gasteiger partial charge is 0.236 e. The van der Waals surface area contributed by atoms with Crippen LogP contribution in [0.5, 0.6) is 0 Å². The van der Waals surface area contributed by atoms with Crippen LogP contribution in [0.2, 0.25) is 0 Å². The predicted molar refractivity (Wildman–Crippen MR) is 63.7 cm³/mol. The molecule has 1 amide bonds. The Morgan fingerprint density at radius 3 is 3.00 bits per heavy atom. The van der Waals surface area contributed by atoms with Gasteiger partial charge in [0.15, 0.2) is 0 Å². The Balaban J connectivity index is 2.26. The molecule has 0 spiro atoms. The Kier molecular flexibility index (Phi) is 3.43. The minimum absolute atomic E-state index is 0.0124. The molecule has 1 heterocycles. The third kappa shape index (κ3) is 2.47. The molecule has 3 nitrogen and oxygen atoms in total. The van der Waals surface area contributed by atoms with E-state index in [9.17, 15) is 9.18 Å². The number of rotatable bonds is 2. The van der Waals surface area contributed by atoms with E-state index in [4.69, 9.17) is 5.73 Å². The number of halogens is 1. The molecular weight excluding hydrogens is 219 g/mol. The maximum Gasteiger partial charge on any atom is 0.236 e. The molecule has 2 rings (SSSR count). The van der Waals surface area contributed by atoms with Crippen molar-refractivity contribution in [1.82, 2.24) is 4.90 Å². The van der Waals surface area contributed by atoms with Crippen LogP contribution in [0.4, 0.5) is 4.39 Å². The van der Waals surface area contributed by atoms with Crippen LogP contribution in [0.3, 0.4) is 0 Å². The second-order valence-corrected chi connectivity index (χ2v) is 4.66. The summed E-state index contributed by atoms with van der Waals surface area (Å²) in [4.78, 5) is 13.5. The van der Waals surface area contributed by atoms with E-state index in [1.54, 1.807) is 11.0 Å². The van der Waals surface area contributed by atoms with Crippen LogP contribution in [0.1, 0.15) is 24.9 Å². The van der Waals surface area contributed by atoms with Gasteiger partial charge in [-0.2, -0.15) is 0 Å². The molecule has 1 aliphatic rings. The van der Waals surface area contributed by atoms with E-state index in [1.165, 1.54) is 12.1 Å². The molecule has 92 valence electrons. The molecule has 1 saturated heterocycles. The van der Waals surface area contributed by atoms with Crippen LogP contribution < -0.4 is 5.73 Å². The molecule has 1 aromatic carbocycles. The Morgan fingerprint density at radius 2 is 2.35 bits per heavy atom. The highest BCUT2D eigenvalue weighted by molar-refractivity contribution is 5.78. The highest BCUT2D eigenvalue weighted by atomic mass is 19.1. The maximum atomic E-state index is 13.2. The molecular formula is C13H17FN2O. The van der Waals surface area contributed by atoms with Crippen molar-refractivity contribution in [2.24, 2.45) is 11.7 Å². The first-order valence-corrected chi connectivity index (χ1v) is 5.87. The molecule has 17 heavy (non-hydrogen) atoms. The van der Waals surface area contributed by atoms with Gasteiger partial charge in [-0.1, -0.05) is 19.1 Å². The number of benzene rings is 1. The highest BCUT2D eigenvalue weighted by Gasteiger charge is 2.33. The van der Waals surface area contributed by atoms with Crippen molar-refractivity contribution in [3.8, 4) is 0 Å². The van der Waals surface area contributed by atoms with Gasteiger partial charge in [0.2, 0.25) is 5.91 Å². The lowest BCUT2D eigenvalue weighted by molar-refractivity contribution is -0.130. The van der Waals surface area contributed by atoms with Gasteiger partial charge in [-0.3, -0.25) is 4.79 Å². The Morgan fingerprint density at radius 1 is 1.59 bits per heavy atom. The van der Waals surface area contributed by atoms with E-state index < -0.39 is 0 Å². The van der Waals surface area contributed by atoms with E-state index in [2.05, 4.69) is 6.92 Å². The molecule has 0 aliphatic carbocycles. The van der Waals surface area contributed by atoms with Gasteiger partial charge < -0.3 is 10.6 Å². The summed E-state index contributed by atoms with van der Waals surface area (Å²) in [6, 6.07) is 6.43. The summed E-state index contributed by atoms with van der Waals surface area (Å²) in [5, 5.41) is 0. The molecule has 0 radical (unpaired) electrons. The molecule has 2 atom stereocenters. The standard InChI is InChI=1S/C13H17FN2O/c1-9-5-12(16(8-9)13(17)7-15)10-3-2-4-11(14)6-10/h2-4,6,9,12H,5,7-8,15H2,1H3/t9-,12+/m1/s1. The number of likely N-dealkylation sites (tertiary alicyclic amines) is 1. The van der Waals surface area contributed by atoms with E-state index in [0.717, 1.165) is 12.0 Å². The molecule has 0 aromatic heterocycles. The first kappa shape index (κ1) is 12.0. The molecule has 0 saturated carbocycles. The van der Waals surface area contributed by atoms with Gasteiger partial charge >= 0.3 is 0 Å². The second kappa shape index (κ2) is 4.84. The second-order valence-electron chi connectivity index (χ2n) is 4.66. The average Bonchev–Trinajstić information content (AvgIpc) is 2.70. The fourth-order valence-electron chi connectivity index (χ4n) is 2.47. The van der Waals surface area contributed by atoms with Crippen LogP contribution >= 0.6 is 0 Å². The van der Waals surface area contributed by atoms with Gasteiger partial charge in [-0.25, -0.2) is 4.39 Å². The van der Waals surface area contributed by atoms with Gasteiger partial charge in [0.1, 0.15) is 5.82 Å². The van der Waals surface area contributed by atoms with Crippen molar-refractivity contribution >= 4 is 5.91 Å². The first-order chi connectivity index (χ1) is 8.11. The van der Waals surface area contributed by atoms with Crippen LogP contribution in [0.25, 0.3) is 0 Å². The SMILES string of the molecule is C[C@@H]1C[C@@H](c2cccc(F)c2)N(C(=O)CN)C1. The van der Waals surface area contributed by atoms with Crippen molar-refractivity contribution in [3.63, 3.8) is 0 Å². The number of hydrogen-bond acceptors (Lipinski definition) is 2. The maximum absolute atomic E-state index is 13.2. The minimum atomic E-state index is -0.262. The predicted octanol–water partition coefficient (Wildman–Crippen LogP) is 1.69. The van der Waals surface area contributed by atoms with Crippen molar-refractivity contribution in [3.05, 3.63) is 35.6 Å². The molecule has 0 unspecified atom stereocenters. The molecule has 1 aromatic rings. The molecule has 4 heteroatoms. The quantitative estimate of drug-likeness (QED) is 0.849. The first-order valence-electron chi connectivity index (χ1n) is 5.87. The normalized spacial score (nSPS) is 24.1. The number of carbonyl (C=O) groups is 1. The van der Waals surface area contributed by atoms with E-state index >= 15 is 0 Å². The fourth-order valence-corrected chi connectivity index (χ4v) is 2.47. The molecule has 0 bridgehead atoms. The van der Waals surface area contributed by atoms with E-state index in [-0.39, 0.29) is 24.3 Å². The Hall–Kier alpha value is -1.42. The fraction of sp³-hybridized carbons (Fsp3) is 0.462. The average molecular weight is 236 g/mol. The van der Waals surface area contributed by atoms with Crippen LogP contribution in [-0.2, 0) is 4.79 Å². The van der Waals surface area contributed by atoms with Crippen LogP contribution in [0, 0.1) is 11.7 Å². The zero-order valence-corrected chi connectivity index (χ0v) is 9.90. The lowest BCUT2D eigenvalue weighted by Gasteiger charge is -2.24. The lowest BCUT2D eigenvalue weighted by Crippen LogP contribution is -2.35. The topological polar surface area (TPSA) is 46.3 Å². The Labute approximate surface area is 100 Å². The number of nitrogens with zero attached hydrogens (tertiary/aromatic N) is 1. The number of carbonyl (C=O) groups excluding carboxylic acids is 1. The molecule has 1 aliphatic heterocycles. The Bertz CT molecular complexity index is 422. The minimum Gasteiger partial charge on any atom is -0.334 e. The number of nitrogens with two attached hydrogens (primary N) is 1. The van der Waals surface area contributed by atoms with Gasteiger partial charge in [0.25, 0.3) is 0 Å². The van der Waals surface area contributed by atoms with E-state index in [0.29, 0.717) is 12.5 Å². The molecule has 1 fully saturated rings. The van der Waals surface area contributed by atoms with Crippen molar-refractivity contribution in [1.29, 1.82) is 0 Å². The summed E-state index contributed by atoms with van der Waals surface area (Å²) < 4.78 is 13.2. The summed E-state index contributed by atoms with van der Waals surface area (Å²) in [7, 11) is 0. The summed E-state index contributed by atoms with van der Waals surface area (Å²) >= 11 is 0. The molecule has 2 N–H and O–H groups in total. The third-order valence-corrected chi connectivity index (χ3v) is 3.24. The summed E-state index contributed by atoms with van der Waals surface area (Å²) in [6.07, 6.45) is 0.870. The van der Waals surface area contributed by atoms with E-state index in [1.807, 2.05) is 6.07 Å². The van der Waals surface area contributed by atoms with Crippen molar-refractivity contribution < 1.29 is 9.18 Å². The summed E-state index contributed by atoms with van der Waals surface area (Å²) in [5.74, 6) is 0.101. The zero-order chi connectivity index (χ0) is 12.4. The highest BCUT2D eigenvalue weighted by Crippen LogP contribution is 2.35. The van der Waals surface area contributed by atoms with Gasteiger partial charge in [-0.15, -0.1) is 0 Å². The summed E-state index contributed by atoms with van der Waals surface area (Å²) in [6.45, 7) is 2.81. The summed E-state index contributed by atoms with van der Waals surface area (Å²) in [5.41, 5.74) is 6.26. The van der Waals surface area contributed by atoms with Crippen molar-refractivity contribution in [2.75, 3.05) is 13.1 Å². The number of amides is 1. The lowest BCUT2D eigenvalue weighted by atomic mass is 10.0. The number of hydrogen-bond donors (Lipinski definition) is 1. The largest absolute Gasteiger partial charge is 0.334 e. The van der Waals surface area contributed by atoms with Crippen LogP contribution in [0.15, 0.2) is 24.3 Å². The van der Waals surface area contributed by atoms with Crippen LogP contribution in [-0.4, -0.2) is 23.9 Å². The van der Waals surface area contributed by atoms with Gasteiger partial charge in [0, 0.05) is 6.54 Å². The monoisotopic (exact) mass is 236 g/mol. The van der Waals surface area contributed by atoms with Crippen molar-refractivity contribution in [2.45, 2.75) is 19.4 Å². The zero-order valence-electron chi connectivity index (χ0n) is 9.90.